The van der Waals surface area contributed by atoms with Crippen molar-refractivity contribution < 1.29 is 14.6 Å². The van der Waals surface area contributed by atoms with Gasteiger partial charge in [-0.3, -0.25) is 0 Å². The first kappa shape index (κ1) is 13.7. The summed E-state index contributed by atoms with van der Waals surface area (Å²) in [7, 11) is 0. The van der Waals surface area contributed by atoms with Crippen LogP contribution in [0.25, 0.3) is 0 Å². The Hall–Kier alpha value is -1.75. The summed E-state index contributed by atoms with van der Waals surface area (Å²) in [6.45, 7) is 2.47. The monoisotopic (exact) mass is 264 g/mol. The average molecular weight is 264 g/mol. The molecule has 0 saturated heterocycles. The molecular weight excluding hydrogens is 244 g/mol. The highest BCUT2D eigenvalue weighted by Gasteiger charge is 2.23. The van der Waals surface area contributed by atoms with Gasteiger partial charge in [0.05, 0.1) is 25.3 Å². The normalized spacial score (nSPS) is 18.9. The number of para-hydroxylation sites is 1. The number of nitrogens with one attached hydrogen (secondary N) is 2. The summed E-state index contributed by atoms with van der Waals surface area (Å²) in [4.78, 5) is 11.9. The van der Waals surface area contributed by atoms with Crippen molar-refractivity contribution >= 4 is 6.03 Å². The molecule has 2 atom stereocenters. The van der Waals surface area contributed by atoms with Gasteiger partial charge in [0, 0.05) is 12.0 Å². The zero-order chi connectivity index (χ0) is 13.7. The lowest BCUT2D eigenvalue weighted by molar-refractivity contribution is 0.205. The third kappa shape index (κ3) is 3.38. The summed E-state index contributed by atoms with van der Waals surface area (Å²) < 4.78 is 5.55. The van der Waals surface area contributed by atoms with Crippen LogP contribution in [0.1, 0.15) is 31.4 Å². The Kier molecular flexibility index (Phi) is 4.63. The third-order valence-corrected chi connectivity index (χ3v) is 3.31. The first-order valence-corrected chi connectivity index (χ1v) is 6.64. The van der Waals surface area contributed by atoms with Crippen molar-refractivity contribution in [3.63, 3.8) is 0 Å². The maximum absolute atomic E-state index is 11.9. The zero-order valence-electron chi connectivity index (χ0n) is 11.1. The van der Waals surface area contributed by atoms with Crippen LogP contribution in [-0.4, -0.2) is 30.4 Å². The van der Waals surface area contributed by atoms with E-state index in [9.17, 15) is 4.79 Å². The first-order valence-electron chi connectivity index (χ1n) is 6.64. The SMILES string of the molecule is CC[C@@H](CO)NC(=O)N[C@H]1CCOc2ccccc21. The largest absolute Gasteiger partial charge is 0.493 e. The maximum Gasteiger partial charge on any atom is 0.315 e. The number of hydrogen-bond acceptors (Lipinski definition) is 3. The molecule has 1 aromatic rings. The van der Waals surface area contributed by atoms with Crippen molar-refractivity contribution in [3.8, 4) is 5.75 Å². The van der Waals surface area contributed by atoms with E-state index < -0.39 is 0 Å². The lowest BCUT2D eigenvalue weighted by atomic mass is 10.0. The minimum absolute atomic E-state index is 0.0406. The second-order valence-corrected chi connectivity index (χ2v) is 4.63. The summed E-state index contributed by atoms with van der Waals surface area (Å²) in [6, 6.07) is 7.23. The quantitative estimate of drug-likeness (QED) is 0.773. The average Bonchev–Trinajstić information content (AvgIpc) is 2.45. The summed E-state index contributed by atoms with van der Waals surface area (Å²) in [5.41, 5.74) is 1.00. The summed E-state index contributed by atoms with van der Waals surface area (Å²) in [5, 5.41) is 14.8. The van der Waals surface area contributed by atoms with Crippen LogP contribution in [0.4, 0.5) is 4.79 Å². The molecule has 1 aromatic carbocycles. The molecule has 0 unspecified atom stereocenters. The number of ether oxygens (including phenoxy) is 1. The number of fused-ring (bicyclic) bond motifs is 1. The van der Waals surface area contributed by atoms with Crippen molar-refractivity contribution in [2.45, 2.75) is 31.8 Å². The molecule has 1 heterocycles. The highest BCUT2D eigenvalue weighted by molar-refractivity contribution is 5.75. The Morgan fingerprint density at radius 1 is 1.53 bits per heavy atom. The molecule has 2 amide bonds. The predicted octanol–water partition coefficient (Wildman–Crippen LogP) is 1.58. The van der Waals surface area contributed by atoms with E-state index in [1.165, 1.54) is 0 Å². The molecule has 104 valence electrons. The lowest BCUT2D eigenvalue weighted by Crippen LogP contribution is -2.45. The molecule has 0 aliphatic carbocycles. The van der Waals surface area contributed by atoms with Crippen LogP contribution in [0.5, 0.6) is 5.75 Å². The molecular formula is C14H20N2O3. The number of amides is 2. The van der Waals surface area contributed by atoms with Crippen LogP contribution >= 0.6 is 0 Å². The van der Waals surface area contributed by atoms with Crippen LogP contribution in [-0.2, 0) is 0 Å². The van der Waals surface area contributed by atoms with E-state index in [1.54, 1.807) is 0 Å². The topological polar surface area (TPSA) is 70.6 Å². The van der Waals surface area contributed by atoms with Gasteiger partial charge in [-0.1, -0.05) is 25.1 Å². The number of carbonyl (C=O) groups is 1. The Balaban J connectivity index is 1.99. The molecule has 0 radical (unpaired) electrons. The van der Waals surface area contributed by atoms with E-state index in [-0.39, 0.29) is 24.7 Å². The molecule has 1 aliphatic rings. The van der Waals surface area contributed by atoms with Crippen LogP contribution in [0, 0.1) is 0 Å². The maximum atomic E-state index is 11.9. The summed E-state index contributed by atoms with van der Waals surface area (Å²) in [5.74, 6) is 0.827. The zero-order valence-corrected chi connectivity index (χ0v) is 11.1. The Bertz CT molecular complexity index is 432. The molecule has 19 heavy (non-hydrogen) atoms. The number of benzene rings is 1. The Morgan fingerprint density at radius 2 is 2.32 bits per heavy atom. The van der Waals surface area contributed by atoms with E-state index in [0.717, 1.165) is 17.7 Å². The second kappa shape index (κ2) is 6.43. The van der Waals surface area contributed by atoms with E-state index in [4.69, 9.17) is 9.84 Å². The van der Waals surface area contributed by atoms with Crippen molar-refractivity contribution in [2.75, 3.05) is 13.2 Å². The highest BCUT2D eigenvalue weighted by atomic mass is 16.5. The van der Waals surface area contributed by atoms with Gasteiger partial charge in [0.1, 0.15) is 5.75 Å². The van der Waals surface area contributed by atoms with Gasteiger partial charge in [-0.2, -0.15) is 0 Å². The number of rotatable bonds is 4. The van der Waals surface area contributed by atoms with Gasteiger partial charge in [0.15, 0.2) is 0 Å². The standard InChI is InChI=1S/C14H20N2O3/c1-2-10(9-17)15-14(18)16-12-7-8-19-13-6-4-3-5-11(12)13/h3-6,10,12,17H,2,7-9H2,1H3,(H2,15,16,18)/t10-,12-/m0/s1. The molecule has 1 aliphatic heterocycles. The molecule has 0 spiro atoms. The van der Waals surface area contributed by atoms with Crippen LogP contribution in [0.2, 0.25) is 0 Å². The van der Waals surface area contributed by atoms with Gasteiger partial charge in [-0.05, 0) is 12.5 Å². The number of carbonyl (C=O) groups excluding carboxylic acids is 1. The van der Waals surface area contributed by atoms with E-state index in [1.807, 2.05) is 31.2 Å². The number of urea groups is 1. The summed E-state index contributed by atoms with van der Waals surface area (Å²) >= 11 is 0. The molecule has 0 saturated carbocycles. The molecule has 0 bridgehead atoms. The summed E-state index contributed by atoms with van der Waals surface area (Å²) in [6.07, 6.45) is 1.45. The molecule has 0 fully saturated rings. The number of aliphatic hydroxyl groups is 1. The van der Waals surface area contributed by atoms with Gasteiger partial charge < -0.3 is 20.5 Å². The number of hydrogen-bond donors (Lipinski definition) is 3. The van der Waals surface area contributed by atoms with Crippen LogP contribution in [0.3, 0.4) is 0 Å². The van der Waals surface area contributed by atoms with E-state index in [0.29, 0.717) is 13.0 Å². The fourth-order valence-corrected chi connectivity index (χ4v) is 2.15. The van der Waals surface area contributed by atoms with Crippen molar-refractivity contribution in [1.82, 2.24) is 10.6 Å². The predicted molar refractivity (Wildman–Crippen MR) is 72.1 cm³/mol. The van der Waals surface area contributed by atoms with Crippen molar-refractivity contribution in [1.29, 1.82) is 0 Å². The smallest absolute Gasteiger partial charge is 0.315 e. The fourth-order valence-electron chi connectivity index (χ4n) is 2.15. The Labute approximate surface area is 113 Å². The van der Waals surface area contributed by atoms with Crippen molar-refractivity contribution in [2.24, 2.45) is 0 Å². The molecule has 5 nitrogen and oxygen atoms in total. The van der Waals surface area contributed by atoms with Crippen molar-refractivity contribution in [3.05, 3.63) is 29.8 Å². The van der Waals surface area contributed by atoms with Gasteiger partial charge in [-0.15, -0.1) is 0 Å². The first-order chi connectivity index (χ1) is 9.24. The van der Waals surface area contributed by atoms with Crippen LogP contribution < -0.4 is 15.4 Å². The second-order valence-electron chi connectivity index (χ2n) is 4.63. The number of aliphatic hydroxyl groups excluding tert-OH is 1. The Morgan fingerprint density at radius 3 is 3.05 bits per heavy atom. The van der Waals surface area contributed by atoms with Crippen LogP contribution in [0.15, 0.2) is 24.3 Å². The highest BCUT2D eigenvalue weighted by Crippen LogP contribution is 2.31. The van der Waals surface area contributed by atoms with Gasteiger partial charge >= 0.3 is 6.03 Å². The third-order valence-electron chi connectivity index (χ3n) is 3.31. The van der Waals surface area contributed by atoms with E-state index >= 15 is 0 Å². The van der Waals surface area contributed by atoms with E-state index in [2.05, 4.69) is 10.6 Å². The fraction of sp³-hybridized carbons (Fsp3) is 0.500. The lowest BCUT2D eigenvalue weighted by Gasteiger charge is -2.27. The minimum Gasteiger partial charge on any atom is -0.493 e. The molecule has 3 N–H and O–H groups in total. The van der Waals surface area contributed by atoms with Gasteiger partial charge in [0.25, 0.3) is 0 Å². The van der Waals surface area contributed by atoms with Gasteiger partial charge in [-0.25, -0.2) is 4.79 Å². The molecule has 2 rings (SSSR count). The van der Waals surface area contributed by atoms with Gasteiger partial charge in [0.2, 0.25) is 0 Å². The molecule has 0 aromatic heterocycles. The molecule has 5 heteroatoms. The minimum atomic E-state index is -0.248.